The van der Waals surface area contributed by atoms with Crippen molar-refractivity contribution in [3.05, 3.63) is 59.8 Å². The quantitative estimate of drug-likeness (QED) is 0.245. The lowest BCUT2D eigenvalue weighted by atomic mass is 9.71. The Hall–Kier alpha value is -4.09. The van der Waals surface area contributed by atoms with E-state index in [1.54, 1.807) is 30.6 Å². The van der Waals surface area contributed by atoms with Crippen molar-refractivity contribution in [2.24, 2.45) is 11.3 Å². The molecule has 3 saturated heterocycles. The molecule has 4 aliphatic rings. The highest BCUT2D eigenvalue weighted by atomic mass is 19.1. The van der Waals surface area contributed by atoms with E-state index in [2.05, 4.69) is 31.6 Å². The van der Waals surface area contributed by atoms with Gasteiger partial charge in [-0.25, -0.2) is 9.37 Å². The van der Waals surface area contributed by atoms with E-state index in [9.17, 15) is 4.79 Å². The molecule has 3 aromatic heterocycles. The average Bonchev–Trinajstić information content (AvgIpc) is 3.45. The first-order chi connectivity index (χ1) is 24.3. The van der Waals surface area contributed by atoms with Gasteiger partial charge in [-0.1, -0.05) is 6.92 Å². The number of halogens is 1. The second kappa shape index (κ2) is 13.9. The average molecular weight is 682 g/mol. The number of hydrogen-bond acceptors (Lipinski definition) is 8. The summed E-state index contributed by atoms with van der Waals surface area (Å²) in [5.74, 6) is 0.816. The Labute approximate surface area is 293 Å². The highest BCUT2D eigenvalue weighted by Crippen LogP contribution is 2.44. The lowest BCUT2D eigenvalue weighted by Crippen LogP contribution is -2.50. The molecule has 264 valence electrons. The number of rotatable bonds is 2. The molecule has 8 rings (SSSR count). The lowest BCUT2D eigenvalue weighted by molar-refractivity contribution is -0.000227. The predicted octanol–water partition coefficient (Wildman–Crippen LogP) is 6.86. The third-order valence-electron chi connectivity index (χ3n) is 11.6. The van der Waals surface area contributed by atoms with Crippen LogP contribution < -0.4 is 15.0 Å². The van der Waals surface area contributed by atoms with E-state index in [1.807, 2.05) is 19.1 Å². The Balaban J connectivity index is 1.05. The fraction of sp³-hybridized carbons (Fsp3) is 0.538. The number of ether oxygens (including phenoxy) is 2. The second-order valence-corrected chi connectivity index (χ2v) is 15.0. The first kappa shape index (κ1) is 33.1. The number of benzene rings is 1. The van der Waals surface area contributed by atoms with Crippen LogP contribution in [0, 0.1) is 24.1 Å². The van der Waals surface area contributed by atoms with Gasteiger partial charge in [0.05, 0.1) is 34.6 Å². The molecular formula is C39H48FN7O3. The summed E-state index contributed by atoms with van der Waals surface area (Å²) in [6, 6.07) is 9.54. The van der Waals surface area contributed by atoms with Crippen molar-refractivity contribution >= 4 is 28.6 Å². The Kier molecular flexibility index (Phi) is 9.20. The number of aryl methyl sites for hydroxylation is 1. The number of fused-ring (bicyclic) bond motifs is 7. The summed E-state index contributed by atoms with van der Waals surface area (Å²) >= 11 is 0. The zero-order chi connectivity index (χ0) is 34.2. The zero-order valence-electron chi connectivity index (χ0n) is 29.3. The van der Waals surface area contributed by atoms with Gasteiger partial charge in [-0.15, -0.1) is 0 Å². The Bertz CT molecular complexity index is 1850. The molecule has 1 aromatic carbocycles. The molecule has 0 saturated carbocycles. The molecular weight excluding hydrogens is 633 g/mol. The number of piperidine rings is 2. The number of likely N-dealkylation sites (tertiary alicyclic amines) is 1. The minimum Gasteiger partial charge on any atom is -0.493 e. The molecule has 1 N–H and O–H groups in total. The minimum absolute atomic E-state index is 0.258. The smallest absolute Gasteiger partial charge is 0.258 e. The molecule has 3 fully saturated rings. The van der Waals surface area contributed by atoms with Crippen LogP contribution in [0.15, 0.2) is 42.7 Å². The summed E-state index contributed by atoms with van der Waals surface area (Å²) in [4.78, 5) is 32.5. The van der Waals surface area contributed by atoms with Crippen molar-refractivity contribution in [3.63, 3.8) is 0 Å². The highest BCUT2D eigenvalue weighted by molar-refractivity contribution is 6.05. The van der Waals surface area contributed by atoms with Crippen molar-refractivity contribution in [1.82, 2.24) is 24.4 Å². The topological polar surface area (TPSA) is 97.6 Å². The van der Waals surface area contributed by atoms with Gasteiger partial charge in [-0.3, -0.25) is 20.1 Å². The third-order valence-corrected chi connectivity index (χ3v) is 11.6. The second-order valence-electron chi connectivity index (χ2n) is 15.0. The van der Waals surface area contributed by atoms with Crippen molar-refractivity contribution in [2.45, 2.75) is 77.8 Å². The van der Waals surface area contributed by atoms with Crippen LogP contribution in [-0.4, -0.2) is 82.4 Å². The van der Waals surface area contributed by atoms with E-state index in [4.69, 9.17) is 19.4 Å². The minimum atomic E-state index is -0.299. The van der Waals surface area contributed by atoms with Gasteiger partial charge in [-0.05, 0) is 107 Å². The summed E-state index contributed by atoms with van der Waals surface area (Å²) in [5, 5.41) is 3.08. The van der Waals surface area contributed by atoms with Crippen LogP contribution >= 0.6 is 0 Å². The Morgan fingerprint density at radius 3 is 2.54 bits per heavy atom. The molecule has 11 heteroatoms. The van der Waals surface area contributed by atoms with Crippen LogP contribution in [-0.2, 0) is 11.3 Å². The van der Waals surface area contributed by atoms with E-state index in [0.29, 0.717) is 64.5 Å². The molecule has 4 aliphatic heterocycles. The number of anilines is 2. The number of carbonyl (C=O) groups is 1. The lowest BCUT2D eigenvalue weighted by Gasteiger charge is -2.49. The SMILES string of the molecule is Cc1cc2cc(n1)-c1cnccc1OCCC[C@@H](C)Cn1c(nc3cc(F)c(N4CCC5(CC4)CCN(C4CCOCC4)CC5)cc31)NC2=O. The number of nitrogens with one attached hydrogen (secondary N) is 1. The summed E-state index contributed by atoms with van der Waals surface area (Å²) < 4.78 is 29.8. The van der Waals surface area contributed by atoms with Crippen LogP contribution in [0.3, 0.4) is 0 Å². The van der Waals surface area contributed by atoms with Gasteiger partial charge in [0, 0.05) is 68.6 Å². The molecule has 7 heterocycles. The molecule has 0 radical (unpaired) electrons. The fourth-order valence-electron chi connectivity index (χ4n) is 8.62. The summed E-state index contributed by atoms with van der Waals surface area (Å²) in [6.45, 7) is 11.0. The molecule has 4 aromatic rings. The van der Waals surface area contributed by atoms with Crippen LogP contribution in [0.1, 0.15) is 74.3 Å². The van der Waals surface area contributed by atoms with Crippen molar-refractivity contribution in [3.8, 4) is 17.0 Å². The van der Waals surface area contributed by atoms with E-state index >= 15 is 4.39 Å². The first-order valence-electron chi connectivity index (χ1n) is 18.5. The maximum atomic E-state index is 15.9. The number of nitrogens with zero attached hydrogens (tertiary/aromatic N) is 6. The van der Waals surface area contributed by atoms with Gasteiger partial charge in [0.15, 0.2) is 0 Å². The predicted molar refractivity (Wildman–Crippen MR) is 192 cm³/mol. The van der Waals surface area contributed by atoms with Gasteiger partial charge in [-0.2, -0.15) is 0 Å². The number of carbonyl (C=O) groups excluding carboxylic acids is 1. The van der Waals surface area contributed by atoms with Gasteiger partial charge >= 0.3 is 0 Å². The number of imidazole rings is 1. The molecule has 2 bridgehead atoms. The number of pyridine rings is 2. The molecule has 1 amide bonds. The summed E-state index contributed by atoms with van der Waals surface area (Å²) in [5.41, 5.74) is 4.87. The van der Waals surface area contributed by atoms with E-state index in [1.165, 1.54) is 12.8 Å². The number of amides is 1. The molecule has 1 atom stereocenters. The van der Waals surface area contributed by atoms with Gasteiger partial charge in [0.25, 0.3) is 5.91 Å². The van der Waals surface area contributed by atoms with Crippen LogP contribution in [0.2, 0.25) is 0 Å². The van der Waals surface area contributed by atoms with Crippen molar-refractivity contribution in [2.75, 3.05) is 56.2 Å². The Morgan fingerprint density at radius 2 is 1.74 bits per heavy atom. The summed E-state index contributed by atoms with van der Waals surface area (Å²) in [7, 11) is 0. The number of aromatic nitrogens is 4. The normalized spacial score (nSPS) is 22.3. The fourth-order valence-corrected chi connectivity index (χ4v) is 8.62. The monoisotopic (exact) mass is 681 g/mol. The zero-order valence-corrected chi connectivity index (χ0v) is 29.3. The highest BCUT2D eigenvalue weighted by Gasteiger charge is 2.39. The van der Waals surface area contributed by atoms with Gasteiger partial charge < -0.3 is 23.8 Å². The van der Waals surface area contributed by atoms with Crippen molar-refractivity contribution < 1.29 is 18.7 Å². The number of hydrogen-bond donors (Lipinski definition) is 1. The van der Waals surface area contributed by atoms with E-state index in [-0.39, 0.29) is 17.6 Å². The molecule has 0 aliphatic carbocycles. The van der Waals surface area contributed by atoms with Gasteiger partial charge in [0.1, 0.15) is 11.6 Å². The van der Waals surface area contributed by atoms with E-state index < -0.39 is 0 Å². The standard InChI is InChI=1S/C39H48FN7O3/c1-26-4-3-17-50-36-5-12-41-24-30(36)32-21-28(20-27(2)42-32)37(48)44-38-43-33-22-31(40)34(23-35(33)47(38)25-26)46-15-10-39(11-16-46)8-13-45(14-9-39)29-6-18-49-19-7-29/h5,12,20-24,26,29H,3-4,6-11,13-19,25H2,1-2H3,(H,43,44,48)/t26-/m1/s1. The van der Waals surface area contributed by atoms with Crippen LogP contribution in [0.25, 0.3) is 22.3 Å². The molecule has 0 unspecified atom stereocenters. The molecule has 1 spiro atoms. The molecule has 50 heavy (non-hydrogen) atoms. The third kappa shape index (κ3) is 6.69. The first-order valence-corrected chi connectivity index (χ1v) is 18.5. The summed E-state index contributed by atoms with van der Waals surface area (Å²) in [6.07, 6.45) is 12.1. The molecule has 10 nitrogen and oxygen atoms in total. The Morgan fingerprint density at radius 1 is 0.960 bits per heavy atom. The largest absolute Gasteiger partial charge is 0.493 e. The van der Waals surface area contributed by atoms with Crippen LogP contribution in [0.5, 0.6) is 5.75 Å². The maximum absolute atomic E-state index is 15.9. The van der Waals surface area contributed by atoms with Crippen molar-refractivity contribution in [1.29, 1.82) is 0 Å². The van der Waals surface area contributed by atoms with Crippen LogP contribution in [0.4, 0.5) is 16.0 Å². The van der Waals surface area contributed by atoms with Gasteiger partial charge in [0.2, 0.25) is 5.95 Å². The maximum Gasteiger partial charge on any atom is 0.258 e. The van der Waals surface area contributed by atoms with E-state index in [0.717, 1.165) is 89.0 Å².